The number of carbonyl (C=O) groups is 1. The Morgan fingerprint density at radius 2 is 2.58 bits per heavy atom. The summed E-state index contributed by atoms with van der Waals surface area (Å²) in [6.45, 7) is 5.88. The fourth-order valence-electron chi connectivity index (χ4n) is 0.938. The first kappa shape index (κ1) is 9.06. The van der Waals surface area contributed by atoms with Crippen LogP contribution >= 0.6 is 0 Å². The largest absolute Gasteiger partial charge is 0.511 e. The highest BCUT2D eigenvalue weighted by Gasteiger charge is 2.41. The van der Waals surface area contributed by atoms with Gasteiger partial charge in [0, 0.05) is 6.42 Å². The Hall–Kier alpha value is -1.03. The molecule has 1 heterocycles. The van der Waals surface area contributed by atoms with Crippen molar-refractivity contribution in [1.82, 2.24) is 0 Å². The fourth-order valence-corrected chi connectivity index (χ4v) is 0.938. The van der Waals surface area contributed by atoms with Crippen LogP contribution in [-0.4, -0.2) is 25.2 Å². The van der Waals surface area contributed by atoms with E-state index in [0.717, 1.165) is 0 Å². The van der Waals surface area contributed by atoms with Crippen LogP contribution in [0.2, 0.25) is 0 Å². The van der Waals surface area contributed by atoms with Crippen molar-refractivity contribution < 1.29 is 19.0 Å². The molecule has 1 atom stereocenters. The van der Waals surface area contributed by atoms with Gasteiger partial charge in [-0.25, -0.2) is 4.79 Å². The highest BCUT2D eigenvalue weighted by Crippen LogP contribution is 2.24. The van der Waals surface area contributed by atoms with Crippen molar-refractivity contribution in [3.05, 3.63) is 12.7 Å². The highest BCUT2D eigenvalue weighted by atomic mass is 16.8. The summed E-state index contributed by atoms with van der Waals surface area (Å²) in [5, 5.41) is 0. The number of cyclic esters (lactones) is 2. The number of rotatable bonds is 4. The Morgan fingerprint density at radius 3 is 3.00 bits per heavy atom. The van der Waals surface area contributed by atoms with E-state index in [-0.39, 0.29) is 6.61 Å². The van der Waals surface area contributed by atoms with Gasteiger partial charge >= 0.3 is 6.16 Å². The molecule has 0 bridgehead atoms. The van der Waals surface area contributed by atoms with E-state index >= 15 is 0 Å². The van der Waals surface area contributed by atoms with Gasteiger partial charge in [-0.2, -0.15) is 0 Å². The molecule has 1 aliphatic rings. The van der Waals surface area contributed by atoms with Crippen molar-refractivity contribution in [2.24, 2.45) is 0 Å². The van der Waals surface area contributed by atoms with Crippen molar-refractivity contribution >= 4 is 6.16 Å². The Bertz CT molecular complexity index is 189. The maximum atomic E-state index is 10.6. The van der Waals surface area contributed by atoms with Gasteiger partial charge in [-0.3, -0.25) is 0 Å². The van der Waals surface area contributed by atoms with Crippen LogP contribution in [0, 0.1) is 0 Å². The topological polar surface area (TPSA) is 44.8 Å². The van der Waals surface area contributed by atoms with Gasteiger partial charge < -0.3 is 14.2 Å². The van der Waals surface area contributed by atoms with Crippen LogP contribution in [0.1, 0.15) is 13.3 Å². The molecule has 0 spiro atoms. The number of ether oxygens (including phenoxy) is 3. The first-order valence-electron chi connectivity index (χ1n) is 3.83. The van der Waals surface area contributed by atoms with Gasteiger partial charge in [-0.15, -0.1) is 6.58 Å². The van der Waals surface area contributed by atoms with Crippen molar-refractivity contribution in [1.29, 1.82) is 0 Å². The summed E-state index contributed by atoms with van der Waals surface area (Å²) in [5.41, 5.74) is 0. The van der Waals surface area contributed by atoms with E-state index in [4.69, 9.17) is 9.47 Å². The minimum Gasteiger partial charge on any atom is -0.427 e. The third-order valence-electron chi connectivity index (χ3n) is 1.68. The molecular formula is C8H12O4. The summed E-state index contributed by atoms with van der Waals surface area (Å²) in [5.74, 6) is -0.884. The summed E-state index contributed by atoms with van der Waals surface area (Å²) in [4.78, 5) is 10.6. The quantitative estimate of drug-likeness (QED) is 0.475. The second-order valence-electron chi connectivity index (χ2n) is 2.50. The molecular weight excluding hydrogens is 160 g/mol. The summed E-state index contributed by atoms with van der Waals surface area (Å²) >= 11 is 0. The third kappa shape index (κ3) is 1.76. The molecule has 0 aromatic rings. The van der Waals surface area contributed by atoms with E-state index in [1.165, 1.54) is 0 Å². The molecule has 4 heteroatoms. The summed E-state index contributed by atoms with van der Waals surface area (Å²) in [7, 11) is 0. The Labute approximate surface area is 71.1 Å². The minimum atomic E-state index is -0.884. The lowest BCUT2D eigenvalue weighted by Gasteiger charge is -2.22. The van der Waals surface area contributed by atoms with Crippen LogP contribution in [0.3, 0.4) is 0 Å². The van der Waals surface area contributed by atoms with Crippen LogP contribution in [-0.2, 0) is 14.2 Å². The molecule has 4 nitrogen and oxygen atoms in total. The zero-order valence-electron chi connectivity index (χ0n) is 7.04. The lowest BCUT2D eigenvalue weighted by molar-refractivity contribution is -0.173. The Morgan fingerprint density at radius 1 is 1.83 bits per heavy atom. The van der Waals surface area contributed by atoms with Gasteiger partial charge in [0.05, 0.1) is 6.61 Å². The van der Waals surface area contributed by atoms with Gasteiger partial charge in [-0.05, 0) is 0 Å². The normalized spacial score (nSPS) is 27.9. The molecule has 0 aromatic heterocycles. The monoisotopic (exact) mass is 172 g/mol. The number of hydrogen-bond donors (Lipinski definition) is 0. The smallest absolute Gasteiger partial charge is 0.427 e. The van der Waals surface area contributed by atoms with Gasteiger partial charge in [0.2, 0.25) is 0 Å². The van der Waals surface area contributed by atoms with E-state index in [1.807, 2.05) is 6.92 Å². The van der Waals surface area contributed by atoms with Gasteiger partial charge in [0.25, 0.3) is 5.79 Å². The zero-order valence-corrected chi connectivity index (χ0v) is 7.04. The van der Waals surface area contributed by atoms with Crippen LogP contribution in [0.25, 0.3) is 0 Å². The molecule has 0 saturated carbocycles. The maximum absolute atomic E-state index is 10.6. The summed E-state index contributed by atoms with van der Waals surface area (Å²) in [6, 6.07) is 0. The Balaban J connectivity index is 2.51. The van der Waals surface area contributed by atoms with Gasteiger partial charge in [-0.1, -0.05) is 13.0 Å². The molecule has 1 unspecified atom stereocenters. The summed E-state index contributed by atoms with van der Waals surface area (Å²) in [6.07, 6.45) is 1.51. The second kappa shape index (κ2) is 3.58. The first-order chi connectivity index (χ1) is 5.72. The molecule has 0 amide bonds. The van der Waals surface area contributed by atoms with Crippen molar-refractivity contribution in [3.8, 4) is 0 Å². The predicted octanol–water partition coefficient (Wildman–Crippen LogP) is 1.46. The van der Waals surface area contributed by atoms with E-state index < -0.39 is 11.9 Å². The predicted molar refractivity (Wildman–Crippen MR) is 41.6 cm³/mol. The fraction of sp³-hybridized carbons (Fsp3) is 0.625. The van der Waals surface area contributed by atoms with Crippen molar-refractivity contribution in [3.63, 3.8) is 0 Å². The average Bonchev–Trinajstić information content (AvgIpc) is 2.45. The zero-order chi connectivity index (χ0) is 9.03. The molecule has 0 radical (unpaired) electrons. The standard InChI is InChI=1S/C8H12O4/c1-3-5-11-8(4-2)6-10-7(9)12-8/h3H,1,4-6H2,2H3. The molecule has 0 N–H and O–H groups in total. The lowest BCUT2D eigenvalue weighted by Crippen LogP contribution is -2.34. The van der Waals surface area contributed by atoms with Crippen LogP contribution < -0.4 is 0 Å². The average molecular weight is 172 g/mol. The second-order valence-corrected chi connectivity index (χ2v) is 2.50. The van der Waals surface area contributed by atoms with Crippen LogP contribution in [0.15, 0.2) is 12.7 Å². The molecule has 12 heavy (non-hydrogen) atoms. The molecule has 0 aliphatic carbocycles. The molecule has 1 rings (SSSR count). The number of hydrogen-bond acceptors (Lipinski definition) is 4. The first-order valence-corrected chi connectivity index (χ1v) is 3.83. The molecule has 0 aromatic carbocycles. The van der Waals surface area contributed by atoms with Crippen molar-refractivity contribution in [2.75, 3.05) is 13.2 Å². The lowest BCUT2D eigenvalue weighted by atomic mass is 10.2. The van der Waals surface area contributed by atoms with Crippen molar-refractivity contribution in [2.45, 2.75) is 19.1 Å². The molecule has 68 valence electrons. The van der Waals surface area contributed by atoms with Gasteiger partial charge in [0.15, 0.2) is 6.61 Å². The van der Waals surface area contributed by atoms with E-state index in [1.54, 1.807) is 6.08 Å². The highest BCUT2D eigenvalue weighted by molar-refractivity contribution is 5.62. The minimum absolute atomic E-state index is 0.163. The van der Waals surface area contributed by atoms with Gasteiger partial charge in [0.1, 0.15) is 0 Å². The van der Waals surface area contributed by atoms with E-state index in [0.29, 0.717) is 13.0 Å². The molecule has 1 aliphatic heterocycles. The molecule has 1 fully saturated rings. The van der Waals surface area contributed by atoms with E-state index in [9.17, 15) is 4.79 Å². The third-order valence-corrected chi connectivity index (χ3v) is 1.68. The van der Waals surface area contributed by atoms with Crippen LogP contribution in [0.4, 0.5) is 4.79 Å². The summed E-state index contributed by atoms with van der Waals surface area (Å²) < 4.78 is 14.8. The SMILES string of the molecule is C=CCOC1(CC)COC(=O)O1. The maximum Gasteiger partial charge on any atom is 0.511 e. The van der Waals surface area contributed by atoms with Crippen LogP contribution in [0.5, 0.6) is 0 Å². The molecule has 1 saturated heterocycles. The van der Waals surface area contributed by atoms with E-state index in [2.05, 4.69) is 11.3 Å². The Kier molecular flexibility index (Phi) is 2.70. The number of carbonyl (C=O) groups excluding carboxylic acids is 1.